The van der Waals surface area contributed by atoms with Crippen LogP contribution < -0.4 is 4.74 Å². The van der Waals surface area contributed by atoms with E-state index in [4.69, 9.17) is 11.2 Å². The number of pyridine rings is 1. The molecule has 0 aliphatic heterocycles. The monoisotopic (exact) mass is 161 g/mol. The highest BCUT2D eigenvalue weighted by Crippen LogP contribution is 2.11. The maximum Gasteiger partial charge on any atom is 0.213 e. The second-order valence-electron chi connectivity index (χ2n) is 2.54. The predicted octanol–water partition coefficient (Wildman–Crippen LogP) is 1.57. The Morgan fingerprint density at radius 2 is 2.33 bits per heavy atom. The minimum atomic E-state index is 0.625. The molecule has 0 saturated carbocycles. The smallest absolute Gasteiger partial charge is 0.213 e. The van der Waals surface area contributed by atoms with E-state index in [1.807, 2.05) is 19.1 Å². The fourth-order valence-corrected chi connectivity index (χ4v) is 1.03. The van der Waals surface area contributed by atoms with Crippen LogP contribution in [-0.2, 0) is 6.42 Å². The molecule has 12 heavy (non-hydrogen) atoms. The van der Waals surface area contributed by atoms with Gasteiger partial charge in [-0.1, -0.05) is 0 Å². The van der Waals surface area contributed by atoms with E-state index in [0.717, 1.165) is 11.3 Å². The van der Waals surface area contributed by atoms with Crippen molar-refractivity contribution < 1.29 is 4.74 Å². The van der Waals surface area contributed by atoms with E-state index < -0.39 is 0 Å². The standard InChI is InChI=1S/C10H11NO/c1-4-5-9-6-8(2)11-10(7-9)12-3/h1,6-7H,5H2,2-3H3. The van der Waals surface area contributed by atoms with Crippen LogP contribution in [0.25, 0.3) is 0 Å². The lowest BCUT2D eigenvalue weighted by Crippen LogP contribution is -1.92. The Hall–Kier alpha value is -1.49. The van der Waals surface area contributed by atoms with Crippen molar-refractivity contribution in [1.82, 2.24) is 4.98 Å². The van der Waals surface area contributed by atoms with Gasteiger partial charge in [0, 0.05) is 18.2 Å². The van der Waals surface area contributed by atoms with Crippen LogP contribution >= 0.6 is 0 Å². The number of hydrogen-bond acceptors (Lipinski definition) is 2. The van der Waals surface area contributed by atoms with Crippen LogP contribution in [-0.4, -0.2) is 12.1 Å². The molecule has 0 aliphatic rings. The molecule has 0 radical (unpaired) electrons. The summed E-state index contributed by atoms with van der Waals surface area (Å²) in [4.78, 5) is 4.14. The number of rotatable bonds is 2. The largest absolute Gasteiger partial charge is 0.481 e. The van der Waals surface area contributed by atoms with Crippen molar-refractivity contribution in [1.29, 1.82) is 0 Å². The Kier molecular flexibility index (Phi) is 2.71. The molecule has 0 N–H and O–H groups in total. The molecular weight excluding hydrogens is 150 g/mol. The van der Waals surface area contributed by atoms with Gasteiger partial charge in [0.15, 0.2) is 0 Å². The number of aromatic nitrogens is 1. The Labute approximate surface area is 72.6 Å². The summed E-state index contributed by atoms with van der Waals surface area (Å²) in [5.41, 5.74) is 2.00. The summed E-state index contributed by atoms with van der Waals surface area (Å²) in [6.07, 6.45) is 5.82. The van der Waals surface area contributed by atoms with Gasteiger partial charge in [0.2, 0.25) is 5.88 Å². The molecule has 0 unspecified atom stereocenters. The number of hydrogen-bond donors (Lipinski definition) is 0. The van der Waals surface area contributed by atoms with Gasteiger partial charge in [-0.25, -0.2) is 4.98 Å². The first kappa shape index (κ1) is 8.61. The molecule has 0 spiro atoms. The fourth-order valence-electron chi connectivity index (χ4n) is 1.03. The Morgan fingerprint density at radius 1 is 1.58 bits per heavy atom. The SMILES string of the molecule is C#CCc1cc(C)nc(OC)c1. The zero-order valence-electron chi connectivity index (χ0n) is 7.29. The maximum atomic E-state index is 5.19. The molecule has 2 nitrogen and oxygen atoms in total. The summed E-state index contributed by atoms with van der Waals surface area (Å²) in [6.45, 7) is 1.92. The van der Waals surface area contributed by atoms with Crippen LogP contribution in [0.1, 0.15) is 11.3 Å². The van der Waals surface area contributed by atoms with Crippen LogP contribution in [0, 0.1) is 19.3 Å². The van der Waals surface area contributed by atoms with Crippen molar-refractivity contribution in [3.05, 3.63) is 23.4 Å². The molecule has 0 aliphatic carbocycles. The number of ether oxygens (including phenoxy) is 1. The summed E-state index contributed by atoms with van der Waals surface area (Å²) in [5, 5.41) is 0. The number of terminal acetylenes is 1. The van der Waals surface area contributed by atoms with Crippen LogP contribution in [0.4, 0.5) is 0 Å². The van der Waals surface area contributed by atoms with E-state index in [0.29, 0.717) is 12.3 Å². The number of nitrogens with zero attached hydrogens (tertiary/aromatic N) is 1. The van der Waals surface area contributed by atoms with Gasteiger partial charge < -0.3 is 4.74 Å². The maximum absolute atomic E-state index is 5.19. The van der Waals surface area contributed by atoms with E-state index in [1.54, 1.807) is 7.11 Å². The van der Waals surface area contributed by atoms with Crippen LogP contribution in [0.3, 0.4) is 0 Å². The second kappa shape index (κ2) is 3.77. The quantitative estimate of drug-likeness (QED) is 0.614. The van der Waals surface area contributed by atoms with Gasteiger partial charge >= 0.3 is 0 Å². The zero-order chi connectivity index (χ0) is 8.97. The summed E-state index contributed by atoms with van der Waals surface area (Å²) >= 11 is 0. The normalized spacial score (nSPS) is 9.08. The summed E-state index contributed by atoms with van der Waals surface area (Å²) in [6, 6.07) is 3.81. The lowest BCUT2D eigenvalue weighted by molar-refractivity contribution is 0.396. The third kappa shape index (κ3) is 2.00. The third-order valence-corrected chi connectivity index (χ3v) is 1.51. The lowest BCUT2D eigenvalue weighted by Gasteiger charge is -2.02. The van der Waals surface area contributed by atoms with Crippen LogP contribution in [0.2, 0.25) is 0 Å². The van der Waals surface area contributed by atoms with E-state index in [-0.39, 0.29) is 0 Å². The van der Waals surface area contributed by atoms with Crippen LogP contribution in [0.5, 0.6) is 5.88 Å². The van der Waals surface area contributed by atoms with E-state index >= 15 is 0 Å². The summed E-state index contributed by atoms with van der Waals surface area (Å²) < 4.78 is 5.00. The average molecular weight is 161 g/mol. The van der Waals surface area contributed by atoms with Crippen molar-refractivity contribution in [2.45, 2.75) is 13.3 Å². The Morgan fingerprint density at radius 3 is 2.92 bits per heavy atom. The van der Waals surface area contributed by atoms with Gasteiger partial charge in [-0.3, -0.25) is 0 Å². The number of methoxy groups -OCH3 is 1. The molecule has 2 heteroatoms. The van der Waals surface area contributed by atoms with E-state index in [9.17, 15) is 0 Å². The highest BCUT2D eigenvalue weighted by atomic mass is 16.5. The van der Waals surface area contributed by atoms with Crippen molar-refractivity contribution in [2.75, 3.05) is 7.11 Å². The van der Waals surface area contributed by atoms with Gasteiger partial charge in [0.1, 0.15) is 0 Å². The average Bonchev–Trinajstić information content (AvgIpc) is 2.04. The Bertz CT molecular complexity index is 312. The summed E-state index contributed by atoms with van der Waals surface area (Å²) in [5.74, 6) is 3.20. The molecule has 1 aromatic rings. The highest BCUT2D eigenvalue weighted by Gasteiger charge is 1.97. The van der Waals surface area contributed by atoms with Gasteiger partial charge in [0.05, 0.1) is 7.11 Å². The van der Waals surface area contributed by atoms with E-state index in [2.05, 4.69) is 10.9 Å². The predicted molar refractivity (Wildman–Crippen MR) is 48.1 cm³/mol. The first-order valence-electron chi connectivity index (χ1n) is 3.71. The zero-order valence-corrected chi connectivity index (χ0v) is 7.29. The molecule has 1 heterocycles. The van der Waals surface area contributed by atoms with Gasteiger partial charge in [0.25, 0.3) is 0 Å². The molecule has 0 fully saturated rings. The Balaban J connectivity index is 2.99. The van der Waals surface area contributed by atoms with Gasteiger partial charge in [-0.2, -0.15) is 0 Å². The molecule has 0 amide bonds. The molecule has 1 rings (SSSR count). The molecular formula is C10H11NO. The van der Waals surface area contributed by atoms with Crippen molar-refractivity contribution in [3.8, 4) is 18.2 Å². The minimum Gasteiger partial charge on any atom is -0.481 e. The third-order valence-electron chi connectivity index (χ3n) is 1.51. The molecule has 0 aromatic carbocycles. The lowest BCUT2D eigenvalue weighted by atomic mass is 10.2. The van der Waals surface area contributed by atoms with Crippen molar-refractivity contribution >= 4 is 0 Å². The second-order valence-corrected chi connectivity index (χ2v) is 2.54. The molecule has 0 bridgehead atoms. The molecule has 0 saturated heterocycles. The van der Waals surface area contributed by atoms with Crippen LogP contribution in [0.15, 0.2) is 12.1 Å². The topological polar surface area (TPSA) is 22.1 Å². The summed E-state index contributed by atoms with van der Waals surface area (Å²) in [7, 11) is 1.60. The van der Waals surface area contributed by atoms with E-state index in [1.165, 1.54) is 0 Å². The fraction of sp³-hybridized carbons (Fsp3) is 0.300. The molecule has 0 atom stereocenters. The van der Waals surface area contributed by atoms with Gasteiger partial charge in [-0.05, 0) is 18.6 Å². The van der Waals surface area contributed by atoms with Gasteiger partial charge in [-0.15, -0.1) is 12.3 Å². The first-order chi connectivity index (χ1) is 5.76. The molecule has 1 aromatic heterocycles. The van der Waals surface area contributed by atoms with Crippen molar-refractivity contribution in [3.63, 3.8) is 0 Å². The highest BCUT2D eigenvalue weighted by molar-refractivity contribution is 5.27. The minimum absolute atomic E-state index is 0.625. The number of aryl methyl sites for hydroxylation is 1. The first-order valence-corrected chi connectivity index (χ1v) is 3.71. The molecule has 62 valence electrons. The van der Waals surface area contributed by atoms with Crippen molar-refractivity contribution in [2.24, 2.45) is 0 Å².